The van der Waals surface area contributed by atoms with E-state index in [1.54, 1.807) is 30.3 Å². The standard InChI is InChI=1S/C17H16O4/c1-10-4-5-14(16(18)19)15(8-10)12-6-11(2)7-13(9-12)17(20)21-3/h4-9H,1-3H3,(H,18,19). The summed E-state index contributed by atoms with van der Waals surface area (Å²) in [5.41, 5.74) is 3.72. The van der Waals surface area contributed by atoms with Gasteiger partial charge in [-0.25, -0.2) is 9.59 Å². The Morgan fingerprint density at radius 2 is 1.71 bits per heavy atom. The predicted octanol–water partition coefficient (Wildman–Crippen LogP) is 3.46. The number of hydrogen-bond donors (Lipinski definition) is 1. The van der Waals surface area contributed by atoms with Gasteiger partial charge in [-0.05, 0) is 48.7 Å². The molecule has 0 saturated heterocycles. The van der Waals surface area contributed by atoms with E-state index in [0.717, 1.165) is 11.1 Å². The SMILES string of the molecule is COC(=O)c1cc(C)cc(-c2cc(C)ccc2C(=O)O)c1. The van der Waals surface area contributed by atoms with Gasteiger partial charge in [0.25, 0.3) is 0 Å². The number of benzene rings is 2. The molecule has 0 bridgehead atoms. The molecule has 2 aromatic rings. The van der Waals surface area contributed by atoms with Crippen LogP contribution in [-0.2, 0) is 4.74 Å². The van der Waals surface area contributed by atoms with Crippen LogP contribution in [0.15, 0.2) is 36.4 Å². The topological polar surface area (TPSA) is 63.6 Å². The van der Waals surface area contributed by atoms with Gasteiger partial charge >= 0.3 is 11.9 Å². The molecule has 2 rings (SSSR count). The Balaban J connectivity index is 2.66. The maximum absolute atomic E-state index is 11.7. The summed E-state index contributed by atoms with van der Waals surface area (Å²) in [5.74, 6) is -1.43. The van der Waals surface area contributed by atoms with Crippen molar-refractivity contribution in [3.63, 3.8) is 0 Å². The molecule has 0 aromatic heterocycles. The number of carbonyl (C=O) groups excluding carboxylic acids is 1. The van der Waals surface area contributed by atoms with Crippen LogP contribution >= 0.6 is 0 Å². The van der Waals surface area contributed by atoms with Crippen molar-refractivity contribution in [1.29, 1.82) is 0 Å². The quantitative estimate of drug-likeness (QED) is 0.877. The van der Waals surface area contributed by atoms with Crippen LogP contribution in [0.2, 0.25) is 0 Å². The van der Waals surface area contributed by atoms with E-state index in [2.05, 4.69) is 0 Å². The summed E-state index contributed by atoms with van der Waals surface area (Å²) in [7, 11) is 1.32. The van der Waals surface area contributed by atoms with Gasteiger partial charge in [-0.3, -0.25) is 0 Å². The lowest BCUT2D eigenvalue weighted by atomic mass is 9.95. The molecule has 0 aliphatic carbocycles. The Bertz CT molecular complexity index is 717. The van der Waals surface area contributed by atoms with Crippen molar-refractivity contribution in [3.05, 3.63) is 58.7 Å². The molecule has 0 radical (unpaired) electrons. The molecule has 0 heterocycles. The lowest BCUT2D eigenvalue weighted by Gasteiger charge is -2.10. The summed E-state index contributed by atoms with van der Waals surface area (Å²) in [6, 6.07) is 10.4. The average molecular weight is 284 g/mol. The van der Waals surface area contributed by atoms with E-state index in [1.165, 1.54) is 7.11 Å². The van der Waals surface area contributed by atoms with Crippen LogP contribution in [0.3, 0.4) is 0 Å². The van der Waals surface area contributed by atoms with Gasteiger partial charge in [-0.15, -0.1) is 0 Å². The van der Waals surface area contributed by atoms with Gasteiger partial charge in [0.15, 0.2) is 0 Å². The molecule has 0 saturated carbocycles. The van der Waals surface area contributed by atoms with Gasteiger partial charge in [-0.1, -0.05) is 23.8 Å². The zero-order valence-electron chi connectivity index (χ0n) is 12.1. The normalized spacial score (nSPS) is 10.2. The highest BCUT2D eigenvalue weighted by atomic mass is 16.5. The van der Waals surface area contributed by atoms with E-state index < -0.39 is 11.9 Å². The second kappa shape index (κ2) is 5.79. The first-order valence-corrected chi connectivity index (χ1v) is 6.46. The molecule has 0 fully saturated rings. The number of carbonyl (C=O) groups is 2. The minimum atomic E-state index is -0.994. The maximum Gasteiger partial charge on any atom is 0.337 e. The average Bonchev–Trinajstić information content (AvgIpc) is 2.45. The zero-order valence-corrected chi connectivity index (χ0v) is 12.1. The summed E-state index contributed by atoms with van der Waals surface area (Å²) >= 11 is 0. The number of rotatable bonds is 3. The molecule has 0 unspecified atom stereocenters. The van der Waals surface area contributed by atoms with Crippen molar-refractivity contribution in [2.75, 3.05) is 7.11 Å². The molecule has 0 aliphatic heterocycles. The molecule has 1 N–H and O–H groups in total. The molecule has 0 amide bonds. The highest BCUT2D eigenvalue weighted by molar-refractivity contribution is 5.98. The Morgan fingerprint density at radius 1 is 1.00 bits per heavy atom. The van der Waals surface area contributed by atoms with Crippen molar-refractivity contribution in [2.45, 2.75) is 13.8 Å². The molecular weight excluding hydrogens is 268 g/mol. The second-order valence-electron chi connectivity index (χ2n) is 4.93. The number of methoxy groups -OCH3 is 1. The molecule has 108 valence electrons. The first-order chi connectivity index (χ1) is 9.92. The summed E-state index contributed by atoms with van der Waals surface area (Å²) in [5, 5.41) is 9.32. The fraction of sp³-hybridized carbons (Fsp3) is 0.176. The lowest BCUT2D eigenvalue weighted by molar-refractivity contribution is 0.0600. The van der Waals surface area contributed by atoms with E-state index in [-0.39, 0.29) is 5.56 Å². The number of carboxylic acids is 1. The van der Waals surface area contributed by atoms with E-state index in [9.17, 15) is 14.7 Å². The minimum Gasteiger partial charge on any atom is -0.478 e. The van der Waals surface area contributed by atoms with Crippen molar-refractivity contribution in [3.8, 4) is 11.1 Å². The highest BCUT2D eigenvalue weighted by Gasteiger charge is 2.14. The Morgan fingerprint density at radius 3 is 2.33 bits per heavy atom. The molecule has 4 heteroatoms. The van der Waals surface area contributed by atoms with Crippen molar-refractivity contribution >= 4 is 11.9 Å². The van der Waals surface area contributed by atoms with E-state index in [1.807, 2.05) is 19.9 Å². The van der Waals surface area contributed by atoms with Gasteiger partial charge in [0.1, 0.15) is 0 Å². The Labute approximate surface area is 123 Å². The number of esters is 1. The molecule has 21 heavy (non-hydrogen) atoms. The summed E-state index contributed by atoms with van der Waals surface area (Å²) in [4.78, 5) is 23.1. The molecule has 4 nitrogen and oxygen atoms in total. The van der Waals surface area contributed by atoms with Crippen molar-refractivity contribution < 1.29 is 19.4 Å². The number of carboxylic acid groups (broad SMARTS) is 1. The van der Waals surface area contributed by atoms with Gasteiger partial charge in [0, 0.05) is 0 Å². The molecule has 0 atom stereocenters. The number of ether oxygens (including phenoxy) is 1. The van der Waals surface area contributed by atoms with Gasteiger partial charge in [0.2, 0.25) is 0 Å². The smallest absolute Gasteiger partial charge is 0.337 e. The fourth-order valence-electron chi connectivity index (χ4n) is 2.26. The number of aromatic carboxylic acids is 1. The zero-order chi connectivity index (χ0) is 15.6. The van der Waals surface area contributed by atoms with Crippen LogP contribution < -0.4 is 0 Å². The number of aryl methyl sites for hydroxylation is 2. The first kappa shape index (κ1) is 14.8. The molecular formula is C17H16O4. The largest absolute Gasteiger partial charge is 0.478 e. The van der Waals surface area contributed by atoms with Crippen molar-refractivity contribution in [1.82, 2.24) is 0 Å². The third kappa shape index (κ3) is 3.11. The fourth-order valence-corrected chi connectivity index (χ4v) is 2.26. The van der Waals surface area contributed by atoms with Gasteiger partial charge in [-0.2, -0.15) is 0 Å². The minimum absolute atomic E-state index is 0.210. The van der Waals surface area contributed by atoms with E-state index >= 15 is 0 Å². The lowest BCUT2D eigenvalue weighted by Crippen LogP contribution is -2.04. The summed E-state index contributed by atoms with van der Waals surface area (Å²) < 4.78 is 4.73. The second-order valence-corrected chi connectivity index (χ2v) is 4.93. The van der Waals surface area contributed by atoms with E-state index in [0.29, 0.717) is 16.7 Å². The van der Waals surface area contributed by atoms with Crippen LogP contribution in [-0.4, -0.2) is 24.2 Å². The third-order valence-electron chi connectivity index (χ3n) is 3.21. The molecule has 0 aliphatic rings. The maximum atomic E-state index is 11.7. The van der Waals surface area contributed by atoms with Crippen molar-refractivity contribution in [2.24, 2.45) is 0 Å². The first-order valence-electron chi connectivity index (χ1n) is 6.46. The number of hydrogen-bond acceptors (Lipinski definition) is 3. The predicted molar refractivity (Wildman–Crippen MR) is 79.7 cm³/mol. The summed E-state index contributed by atoms with van der Waals surface area (Å²) in [6.45, 7) is 3.75. The third-order valence-corrected chi connectivity index (χ3v) is 3.21. The van der Waals surface area contributed by atoms with Crippen LogP contribution in [0.25, 0.3) is 11.1 Å². The highest BCUT2D eigenvalue weighted by Crippen LogP contribution is 2.27. The summed E-state index contributed by atoms with van der Waals surface area (Å²) in [6.07, 6.45) is 0. The molecule has 0 spiro atoms. The van der Waals surface area contributed by atoms with E-state index in [4.69, 9.17) is 4.74 Å². The van der Waals surface area contributed by atoms with Crippen LogP contribution in [0.1, 0.15) is 31.8 Å². The van der Waals surface area contributed by atoms with Crippen LogP contribution in [0.4, 0.5) is 0 Å². The van der Waals surface area contributed by atoms with Crippen LogP contribution in [0, 0.1) is 13.8 Å². The van der Waals surface area contributed by atoms with Gasteiger partial charge in [0.05, 0.1) is 18.2 Å². The monoisotopic (exact) mass is 284 g/mol. The van der Waals surface area contributed by atoms with Gasteiger partial charge < -0.3 is 9.84 Å². The molecule has 2 aromatic carbocycles. The Kier molecular flexibility index (Phi) is 4.08. The van der Waals surface area contributed by atoms with Crippen LogP contribution in [0.5, 0.6) is 0 Å². The Hall–Kier alpha value is -2.62.